The molecule has 2 N–H and O–H groups in total. The summed E-state index contributed by atoms with van der Waals surface area (Å²) in [6, 6.07) is 16.1. The predicted octanol–water partition coefficient (Wildman–Crippen LogP) is 3.38. The summed E-state index contributed by atoms with van der Waals surface area (Å²) in [5.74, 6) is -0.694. The van der Waals surface area contributed by atoms with Crippen LogP contribution in [0, 0.1) is 25.2 Å². The second kappa shape index (κ2) is 12.6. The molecular formula is C30H27BrN4O6S2. The van der Waals surface area contributed by atoms with Crippen LogP contribution in [0.4, 0.5) is 5.69 Å². The highest BCUT2D eigenvalue weighted by Crippen LogP contribution is 2.35. The van der Waals surface area contributed by atoms with Crippen LogP contribution in [0.15, 0.2) is 68.8 Å². The molecule has 0 aliphatic heterocycles. The van der Waals surface area contributed by atoms with E-state index in [1.807, 2.05) is 26.0 Å². The Labute approximate surface area is 260 Å². The van der Waals surface area contributed by atoms with Crippen molar-refractivity contribution < 1.29 is 23.1 Å². The number of anilines is 1. The number of hydrogen-bond donors (Lipinski definition) is 2. The monoisotopic (exact) mass is 682 g/mol. The van der Waals surface area contributed by atoms with Crippen LogP contribution in [0.1, 0.15) is 16.7 Å². The summed E-state index contributed by atoms with van der Waals surface area (Å²) in [5, 5.41) is 23.1. The predicted molar refractivity (Wildman–Crippen MR) is 170 cm³/mol. The number of amides is 1. The van der Waals surface area contributed by atoms with Crippen LogP contribution < -0.4 is 24.8 Å². The standard InChI is InChI=1S/C30H27BrN4O6S2/c1-17-9-10-20(11-18(17)2)33-28(37)23(16-32)30-35(21-7-6-8-22(15-21)43(39,40)34(3)4)29(38)26(42-30)14-19-12-24(31)27(36)25(13-19)41-5/h6-15,36H,1-5H3,(H,33,37)/b26-14+,30-23+. The number of nitrogens with zero attached hydrogens (tertiary/aromatic N) is 3. The van der Waals surface area contributed by atoms with Crippen LogP contribution >= 0.6 is 27.3 Å². The van der Waals surface area contributed by atoms with E-state index in [9.17, 15) is 28.4 Å². The SMILES string of the molecule is COc1cc(/C=c2/s/c(=C(\C#N)C(=O)Nc3ccc(C)c(C)c3)n(-c3cccc(S(=O)(=O)N(C)C)c3)c2=O)cc(Br)c1O. The first-order valence-electron chi connectivity index (χ1n) is 12.6. The number of aromatic nitrogens is 1. The molecule has 0 unspecified atom stereocenters. The third-order valence-corrected chi connectivity index (χ3v) is 10.1. The van der Waals surface area contributed by atoms with E-state index in [-0.39, 0.29) is 36.9 Å². The summed E-state index contributed by atoms with van der Waals surface area (Å²) in [6.45, 7) is 3.83. The van der Waals surface area contributed by atoms with Gasteiger partial charge in [-0.15, -0.1) is 11.3 Å². The molecule has 0 spiro atoms. The Morgan fingerprint density at radius 3 is 2.49 bits per heavy atom. The fraction of sp³-hybridized carbons (Fsp3) is 0.167. The fourth-order valence-electron chi connectivity index (χ4n) is 4.07. The molecule has 4 rings (SSSR count). The number of nitriles is 1. The van der Waals surface area contributed by atoms with Gasteiger partial charge in [0.2, 0.25) is 10.0 Å². The Balaban J connectivity index is 2.03. The van der Waals surface area contributed by atoms with Gasteiger partial charge in [-0.1, -0.05) is 12.1 Å². The van der Waals surface area contributed by atoms with Gasteiger partial charge in [0.25, 0.3) is 11.5 Å². The normalized spacial score (nSPS) is 12.7. The third kappa shape index (κ3) is 6.42. The molecule has 1 aromatic heterocycles. The molecular weight excluding hydrogens is 656 g/mol. The van der Waals surface area contributed by atoms with Gasteiger partial charge in [0.1, 0.15) is 10.7 Å². The van der Waals surface area contributed by atoms with E-state index in [1.54, 1.807) is 18.2 Å². The van der Waals surface area contributed by atoms with Crippen molar-refractivity contribution in [3.8, 4) is 23.3 Å². The van der Waals surface area contributed by atoms with Crippen molar-refractivity contribution in [2.75, 3.05) is 26.5 Å². The van der Waals surface area contributed by atoms with Gasteiger partial charge in [0.05, 0.1) is 26.7 Å². The summed E-state index contributed by atoms with van der Waals surface area (Å²) < 4.78 is 33.6. The van der Waals surface area contributed by atoms with Crippen molar-refractivity contribution >= 4 is 60.5 Å². The molecule has 0 saturated carbocycles. The summed E-state index contributed by atoms with van der Waals surface area (Å²) >= 11 is 4.16. The molecule has 13 heteroatoms. The number of thiazole rings is 1. The summed E-state index contributed by atoms with van der Waals surface area (Å²) in [6.07, 6.45) is 1.52. The molecule has 0 radical (unpaired) electrons. The summed E-state index contributed by atoms with van der Waals surface area (Å²) in [7, 11) is 0.303. The van der Waals surface area contributed by atoms with Gasteiger partial charge < -0.3 is 15.2 Å². The molecule has 0 fully saturated rings. The van der Waals surface area contributed by atoms with Gasteiger partial charge in [-0.25, -0.2) is 12.7 Å². The van der Waals surface area contributed by atoms with Crippen LogP contribution in [0.2, 0.25) is 0 Å². The Hall–Kier alpha value is -4.22. The molecule has 0 bridgehead atoms. The van der Waals surface area contributed by atoms with E-state index in [0.717, 1.165) is 31.3 Å². The molecule has 222 valence electrons. The minimum Gasteiger partial charge on any atom is -0.503 e. The Morgan fingerprint density at radius 2 is 1.86 bits per heavy atom. The van der Waals surface area contributed by atoms with E-state index < -0.39 is 21.5 Å². The largest absolute Gasteiger partial charge is 0.503 e. The first kappa shape index (κ1) is 31.7. The highest BCUT2D eigenvalue weighted by atomic mass is 79.9. The fourth-order valence-corrected chi connectivity index (χ4v) is 6.57. The zero-order valence-corrected chi connectivity index (χ0v) is 27.0. The smallest absolute Gasteiger partial charge is 0.273 e. The Kier molecular flexibility index (Phi) is 9.26. The molecule has 0 saturated heterocycles. The van der Waals surface area contributed by atoms with E-state index >= 15 is 0 Å². The molecule has 1 amide bonds. The van der Waals surface area contributed by atoms with Gasteiger partial charge >= 0.3 is 0 Å². The van der Waals surface area contributed by atoms with E-state index in [2.05, 4.69) is 21.2 Å². The van der Waals surface area contributed by atoms with Crippen molar-refractivity contribution in [2.24, 2.45) is 0 Å². The van der Waals surface area contributed by atoms with Crippen LogP contribution in [0.5, 0.6) is 11.5 Å². The lowest BCUT2D eigenvalue weighted by Crippen LogP contribution is -2.32. The molecule has 0 aliphatic carbocycles. The number of sulfonamides is 1. The molecule has 1 heterocycles. The highest BCUT2D eigenvalue weighted by Gasteiger charge is 2.21. The first-order chi connectivity index (χ1) is 20.3. The van der Waals surface area contributed by atoms with Crippen molar-refractivity contribution in [3.63, 3.8) is 0 Å². The number of phenols is 1. The zero-order valence-electron chi connectivity index (χ0n) is 23.8. The summed E-state index contributed by atoms with van der Waals surface area (Å²) in [5.41, 5.74) is 2.14. The van der Waals surface area contributed by atoms with Crippen LogP contribution in [0.25, 0.3) is 17.3 Å². The van der Waals surface area contributed by atoms with Gasteiger partial charge in [-0.05, 0) is 95.0 Å². The van der Waals surface area contributed by atoms with E-state index in [0.29, 0.717) is 15.7 Å². The van der Waals surface area contributed by atoms with Gasteiger partial charge in [-0.2, -0.15) is 5.26 Å². The average Bonchev–Trinajstić information content (AvgIpc) is 3.27. The first-order valence-corrected chi connectivity index (χ1v) is 15.7. The minimum atomic E-state index is -3.86. The van der Waals surface area contributed by atoms with Crippen LogP contribution in [-0.2, 0) is 14.8 Å². The topological polar surface area (TPSA) is 142 Å². The lowest BCUT2D eigenvalue weighted by atomic mass is 10.1. The second-order valence-corrected chi connectivity index (χ2v) is 13.7. The van der Waals surface area contributed by atoms with E-state index in [1.165, 1.54) is 57.6 Å². The number of carbonyl (C=O) groups excluding carboxylic acids is 1. The maximum atomic E-state index is 13.9. The number of aromatic hydroxyl groups is 1. The quantitative estimate of drug-likeness (QED) is 0.304. The van der Waals surface area contributed by atoms with Gasteiger partial charge in [0.15, 0.2) is 17.1 Å². The number of carbonyl (C=O) groups is 1. The summed E-state index contributed by atoms with van der Waals surface area (Å²) in [4.78, 5) is 27.3. The molecule has 4 aromatic rings. The molecule has 3 aromatic carbocycles. The number of methoxy groups -OCH3 is 1. The third-order valence-electron chi connectivity index (χ3n) is 6.56. The number of hydrogen-bond acceptors (Lipinski definition) is 8. The Bertz CT molecular complexity index is 2090. The average molecular weight is 684 g/mol. The number of rotatable bonds is 7. The van der Waals surface area contributed by atoms with Crippen LogP contribution in [0.3, 0.4) is 0 Å². The van der Waals surface area contributed by atoms with E-state index in [4.69, 9.17) is 4.74 Å². The van der Waals surface area contributed by atoms with Crippen molar-refractivity contribution in [2.45, 2.75) is 18.7 Å². The second-order valence-electron chi connectivity index (χ2n) is 9.63. The number of aryl methyl sites for hydroxylation is 2. The number of halogens is 1. The minimum absolute atomic E-state index is 0.00398. The Morgan fingerprint density at radius 1 is 1.14 bits per heavy atom. The maximum absolute atomic E-state index is 13.9. The highest BCUT2D eigenvalue weighted by molar-refractivity contribution is 9.10. The van der Waals surface area contributed by atoms with Crippen molar-refractivity contribution in [3.05, 3.63) is 95.3 Å². The number of ether oxygens (including phenoxy) is 1. The zero-order chi connectivity index (χ0) is 31.6. The van der Waals surface area contributed by atoms with Crippen LogP contribution in [-0.4, -0.2) is 49.5 Å². The van der Waals surface area contributed by atoms with Gasteiger partial charge in [-0.3, -0.25) is 14.2 Å². The molecule has 10 nitrogen and oxygen atoms in total. The van der Waals surface area contributed by atoms with Crippen molar-refractivity contribution in [1.29, 1.82) is 5.26 Å². The van der Waals surface area contributed by atoms with Gasteiger partial charge in [0, 0.05) is 19.8 Å². The number of phenolic OH excluding ortho intramolecular Hbond substituents is 1. The lowest BCUT2D eigenvalue weighted by molar-refractivity contribution is -0.111. The molecule has 43 heavy (non-hydrogen) atoms. The molecule has 0 atom stereocenters. The lowest BCUT2D eigenvalue weighted by Gasteiger charge is -2.12. The number of benzene rings is 3. The maximum Gasteiger partial charge on any atom is 0.273 e. The molecule has 0 aliphatic rings. The van der Waals surface area contributed by atoms with Crippen molar-refractivity contribution in [1.82, 2.24) is 8.87 Å². The number of nitrogens with one attached hydrogen (secondary N) is 1.